The van der Waals surface area contributed by atoms with Gasteiger partial charge in [0.1, 0.15) is 11.6 Å². The molecular formula is C24H25N3O7. The lowest BCUT2D eigenvalue weighted by Crippen LogP contribution is -2.56. The number of hydrazine groups is 1. The molecule has 1 aliphatic rings. The van der Waals surface area contributed by atoms with Gasteiger partial charge in [0.05, 0.1) is 24.1 Å². The maximum atomic E-state index is 13.2. The molecule has 178 valence electrons. The molecule has 0 spiro atoms. The molecule has 4 amide bonds. The standard InChI is InChI=1S/C24H25N3O7/c1-24(2,3)34-19(28)13-18(22(31)32)25-23(33)26(14-15-9-5-4-6-10-15)27-20(29)16-11-7-8-12-17(16)21(27)30/h4-12,18H,13-14H2,1-3H3,(H,25,33)(H,31,32)/t18-/m0/s1. The summed E-state index contributed by atoms with van der Waals surface area (Å²) in [4.78, 5) is 63.1. The van der Waals surface area contributed by atoms with Crippen LogP contribution >= 0.6 is 0 Å². The van der Waals surface area contributed by atoms with Gasteiger partial charge in [0, 0.05) is 0 Å². The number of imide groups is 1. The number of hydrogen-bond acceptors (Lipinski definition) is 6. The minimum Gasteiger partial charge on any atom is -0.480 e. The highest BCUT2D eigenvalue weighted by atomic mass is 16.6. The summed E-state index contributed by atoms with van der Waals surface area (Å²) in [7, 11) is 0. The number of rotatable bonds is 7. The first kappa shape index (κ1) is 24.4. The van der Waals surface area contributed by atoms with E-state index in [1.807, 2.05) is 0 Å². The van der Waals surface area contributed by atoms with Crippen molar-refractivity contribution in [1.29, 1.82) is 0 Å². The zero-order valence-electron chi connectivity index (χ0n) is 19.0. The lowest BCUT2D eigenvalue weighted by molar-refractivity contribution is -0.158. The molecule has 34 heavy (non-hydrogen) atoms. The van der Waals surface area contributed by atoms with Gasteiger partial charge in [-0.25, -0.2) is 14.6 Å². The van der Waals surface area contributed by atoms with Gasteiger partial charge < -0.3 is 15.2 Å². The summed E-state index contributed by atoms with van der Waals surface area (Å²) in [6.45, 7) is 4.69. The summed E-state index contributed by atoms with van der Waals surface area (Å²) in [5.41, 5.74) is 0.000873. The van der Waals surface area contributed by atoms with Crippen molar-refractivity contribution in [3.05, 3.63) is 71.3 Å². The van der Waals surface area contributed by atoms with Crippen LogP contribution in [0.3, 0.4) is 0 Å². The average molecular weight is 467 g/mol. The van der Waals surface area contributed by atoms with Gasteiger partial charge in [-0.2, -0.15) is 5.01 Å². The second-order valence-electron chi connectivity index (χ2n) is 8.64. The number of benzene rings is 2. The van der Waals surface area contributed by atoms with E-state index in [9.17, 15) is 29.1 Å². The minimum atomic E-state index is -1.64. The summed E-state index contributed by atoms with van der Waals surface area (Å²) >= 11 is 0. The Morgan fingerprint density at radius 2 is 1.50 bits per heavy atom. The molecule has 0 saturated heterocycles. The van der Waals surface area contributed by atoms with Gasteiger partial charge >= 0.3 is 18.0 Å². The van der Waals surface area contributed by atoms with E-state index in [4.69, 9.17) is 4.74 Å². The number of amides is 4. The van der Waals surface area contributed by atoms with Crippen LogP contribution in [0.25, 0.3) is 0 Å². The number of aliphatic carboxylic acids is 1. The molecule has 1 atom stereocenters. The molecule has 2 N–H and O–H groups in total. The lowest BCUT2D eigenvalue weighted by atomic mass is 10.1. The predicted octanol–water partition coefficient (Wildman–Crippen LogP) is 2.59. The summed E-state index contributed by atoms with van der Waals surface area (Å²) in [6.07, 6.45) is -0.639. The number of hydrogen-bond donors (Lipinski definition) is 2. The summed E-state index contributed by atoms with van der Waals surface area (Å²) < 4.78 is 5.15. The fourth-order valence-electron chi connectivity index (χ4n) is 3.36. The second-order valence-corrected chi connectivity index (χ2v) is 8.64. The van der Waals surface area contributed by atoms with E-state index < -0.39 is 47.8 Å². The van der Waals surface area contributed by atoms with E-state index in [1.54, 1.807) is 63.2 Å². The smallest absolute Gasteiger partial charge is 0.337 e. The van der Waals surface area contributed by atoms with Crippen LogP contribution in [0.2, 0.25) is 0 Å². The van der Waals surface area contributed by atoms with Crippen molar-refractivity contribution in [2.45, 2.75) is 45.4 Å². The maximum Gasteiger partial charge on any atom is 0.337 e. The number of nitrogens with zero attached hydrogens (tertiary/aromatic N) is 2. The van der Waals surface area contributed by atoms with Gasteiger partial charge in [-0.05, 0) is 38.5 Å². The molecule has 0 aromatic heterocycles. The summed E-state index contributed by atoms with van der Waals surface area (Å²) in [6, 6.07) is 12.0. The van der Waals surface area contributed by atoms with Gasteiger partial charge in [-0.1, -0.05) is 42.5 Å². The molecule has 0 saturated carbocycles. The fourth-order valence-corrected chi connectivity index (χ4v) is 3.36. The van der Waals surface area contributed by atoms with Crippen molar-refractivity contribution in [3.63, 3.8) is 0 Å². The van der Waals surface area contributed by atoms with Crippen molar-refractivity contribution in [2.75, 3.05) is 0 Å². The first-order valence-corrected chi connectivity index (χ1v) is 10.5. The normalized spacial score (nSPS) is 13.8. The number of ether oxygens (including phenoxy) is 1. The topological polar surface area (TPSA) is 133 Å². The Hall–Kier alpha value is -4.21. The number of carbonyl (C=O) groups excluding carboxylic acids is 4. The van der Waals surface area contributed by atoms with Crippen LogP contribution in [0, 0.1) is 0 Å². The number of urea groups is 1. The van der Waals surface area contributed by atoms with Gasteiger partial charge in [-0.15, -0.1) is 0 Å². The number of esters is 1. The number of fused-ring (bicyclic) bond motifs is 1. The zero-order valence-corrected chi connectivity index (χ0v) is 19.0. The van der Waals surface area contributed by atoms with Crippen molar-refractivity contribution in [3.8, 4) is 0 Å². The number of carboxylic acid groups (broad SMARTS) is 1. The highest BCUT2D eigenvalue weighted by Gasteiger charge is 2.42. The molecule has 10 nitrogen and oxygen atoms in total. The number of carbonyl (C=O) groups is 5. The van der Waals surface area contributed by atoms with Crippen LogP contribution in [-0.2, 0) is 20.9 Å². The third kappa shape index (κ3) is 5.58. The van der Waals surface area contributed by atoms with Crippen LogP contribution in [0.4, 0.5) is 4.79 Å². The Labute approximate surface area is 196 Å². The van der Waals surface area contributed by atoms with Gasteiger partial charge in [0.15, 0.2) is 0 Å². The van der Waals surface area contributed by atoms with Crippen molar-refractivity contribution in [1.82, 2.24) is 15.3 Å². The second kappa shape index (κ2) is 9.74. The molecule has 3 rings (SSSR count). The van der Waals surface area contributed by atoms with Gasteiger partial charge in [0.2, 0.25) is 0 Å². The van der Waals surface area contributed by atoms with Crippen LogP contribution in [0.15, 0.2) is 54.6 Å². The highest BCUT2D eigenvalue weighted by Crippen LogP contribution is 2.25. The Morgan fingerprint density at radius 3 is 2.00 bits per heavy atom. The van der Waals surface area contributed by atoms with Crippen molar-refractivity contribution >= 4 is 29.8 Å². The third-order valence-corrected chi connectivity index (χ3v) is 4.81. The Bertz CT molecular complexity index is 1090. The summed E-state index contributed by atoms with van der Waals surface area (Å²) in [5.74, 6) is -3.73. The van der Waals surface area contributed by atoms with Crippen LogP contribution in [-0.4, -0.2) is 56.6 Å². The first-order chi connectivity index (χ1) is 16.0. The average Bonchev–Trinajstić information content (AvgIpc) is 3.01. The predicted molar refractivity (Wildman–Crippen MR) is 119 cm³/mol. The number of carboxylic acids is 1. The minimum absolute atomic E-state index is 0.127. The van der Waals surface area contributed by atoms with Crippen LogP contribution < -0.4 is 5.32 Å². The summed E-state index contributed by atoms with van der Waals surface area (Å²) in [5, 5.41) is 13.3. The van der Waals surface area contributed by atoms with Crippen LogP contribution in [0.1, 0.15) is 53.5 Å². The first-order valence-electron chi connectivity index (χ1n) is 10.5. The molecule has 0 unspecified atom stereocenters. The van der Waals surface area contributed by atoms with Crippen molar-refractivity contribution in [2.24, 2.45) is 0 Å². The highest BCUT2D eigenvalue weighted by molar-refractivity contribution is 6.21. The van der Waals surface area contributed by atoms with E-state index in [0.29, 0.717) is 10.6 Å². The van der Waals surface area contributed by atoms with E-state index in [-0.39, 0.29) is 17.7 Å². The number of nitrogens with one attached hydrogen (secondary N) is 1. The third-order valence-electron chi connectivity index (χ3n) is 4.81. The van der Waals surface area contributed by atoms with Crippen LogP contribution in [0.5, 0.6) is 0 Å². The molecule has 0 radical (unpaired) electrons. The maximum absolute atomic E-state index is 13.2. The van der Waals surface area contributed by atoms with Gasteiger partial charge in [-0.3, -0.25) is 14.4 Å². The Kier molecular flexibility index (Phi) is 7.00. The van der Waals surface area contributed by atoms with E-state index in [1.165, 1.54) is 12.1 Å². The molecule has 2 aromatic carbocycles. The van der Waals surface area contributed by atoms with E-state index >= 15 is 0 Å². The molecule has 1 heterocycles. The lowest BCUT2D eigenvalue weighted by Gasteiger charge is -2.31. The SMILES string of the molecule is CC(C)(C)OC(=O)C[C@H](NC(=O)N(Cc1ccccc1)N1C(=O)c2ccccc2C1=O)C(=O)O. The molecule has 0 fully saturated rings. The van der Waals surface area contributed by atoms with E-state index in [2.05, 4.69) is 5.32 Å². The zero-order chi connectivity index (χ0) is 25.0. The quantitative estimate of drug-likeness (QED) is 0.472. The molecule has 0 bridgehead atoms. The monoisotopic (exact) mass is 467 g/mol. The van der Waals surface area contributed by atoms with Gasteiger partial charge in [0.25, 0.3) is 11.8 Å². The fraction of sp³-hybridized carbons (Fsp3) is 0.292. The Morgan fingerprint density at radius 1 is 0.971 bits per heavy atom. The molecule has 10 heteroatoms. The Balaban J connectivity index is 1.88. The molecule has 2 aromatic rings. The molecule has 0 aliphatic carbocycles. The molecular weight excluding hydrogens is 442 g/mol. The van der Waals surface area contributed by atoms with E-state index in [0.717, 1.165) is 5.01 Å². The van der Waals surface area contributed by atoms with Crippen molar-refractivity contribution < 1.29 is 33.8 Å². The molecule has 1 aliphatic heterocycles. The largest absolute Gasteiger partial charge is 0.480 e.